The maximum atomic E-state index is 11.0. The zero-order chi connectivity index (χ0) is 24.1. The highest BCUT2D eigenvalue weighted by Crippen LogP contribution is 2.38. The summed E-state index contributed by atoms with van der Waals surface area (Å²) in [6, 6.07) is 22.5. The molecule has 5 heteroatoms. The van der Waals surface area contributed by atoms with Crippen LogP contribution in [0.2, 0.25) is 0 Å². The third-order valence-corrected chi connectivity index (χ3v) is 5.75. The fourth-order valence-electron chi connectivity index (χ4n) is 3.94. The second-order valence-electron chi connectivity index (χ2n) is 8.05. The molecule has 0 aliphatic heterocycles. The van der Waals surface area contributed by atoms with Crippen molar-refractivity contribution in [2.24, 2.45) is 0 Å². The molecule has 4 aromatic rings. The molecule has 0 aromatic heterocycles. The Kier molecular flexibility index (Phi) is 6.74. The number of phenols is 4. The van der Waals surface area contributed by atoms with Gasteiger partial charge in [-0.3, -0.25) is 0 Å². The van der Waals surface area contributed by atoms with Crippen molar-refractivity contribution in [3.63, 3.8) is 0 Å². The smallest absolute Gasteiger partial charge is 0.126 e. The van der Waals surface area contributed by atoms with Crippen LogP contribution < -0.4 is 4.74 Å². The van der Waals surface area contributed by atoms with Crippen LogP contribution >= 0.6 is 0 Å². The quantitative estimate of drug-likeness (QED) is 0.262. The monoisotopic (exact) mass is 454 g/mol. The van der Waals surface area contributed by atoms with Gasteiger partial charge in [0.2, 0.25) is 0 Å². The van der Waals surface area contributed by atoms with Crippen LogP contribution in [0, 0.1) is 0 Å². The summed E-state index contributed by atoms with van der Waals surface area (Å²) in [5, 5.41) is 40.5. The molecule has 0 saturated carbocycles. The van der Waals surface area contributed by atoms with E-state index in [0.717, 1.165) is 22.3 Å². The standard InChI is InChI=1S/C29H26O5/c1-34-29-18-28(33)25(16-19-6-11-22(30)12-7-19)24(15-10-21-4-2-3-5-27(21)32)26(29)17-20-8-13-23(31)14-9-20/h2-15,18,30-33H,16-17H2,1H3. The van der Waals surface area contributed by atoms with Gasteiger partial charge in [0.05, 0.1) is 7.11 Å². The van der Waals surface area contributed by atoms with Crippen molar-refractivity contribution in [3.05, 3.63) is 112 Å². The summed E-state index contributed by atoms with van der Waals surface area (Å²) >= 11 is 0. The largest absolute Gasteiger partial charge is 0.508 e. The van der Waals surface area contributed by atoms with Crippen LogP contribution in [-0.4, -0.2) is 27.5 Å². The SMILES string of the molecule is COc1cc(O)c(Cc2ccc(O)cc2)c(C=Cc2ccccc2O)c1Cc1ccc(O)cc1. The van der Waals surface area contributed by atoms with E-state index in [4.69, 9.17) is 4.74 Å². The fraction of sp³-hybridized carbons (Fsp3) is 0.103. The third kappa shape index (κ3) is 5.15. The summed E-state index contributed by atoms with van der Waals surface area (Å²) in [6.07, 6.45) is 4.62. The van der Waals surface area contributed by atoms with Gasteiger partial charge in [-0.15, -0.1) is 0 Å². The first-order valence-electron chi connectivity index (χ1n) is 10.9. The number of ether oxygens (including phenoxy) is 1. The Labute approximate surface area is 198 Å². The molecule has 4 rings (SSSR count). The lowest BCUT2D eigenvalue weighted by molar-refractivity contribution is 0.402. The van der Waals surface area contributed by atoms with E-state index in [1.165, 1.54) is 0 Å². The van der Waals surface area contributed by atoms with E-state index in [1.807, 2.05) is 48.6 Å². The lowest BCUT2D eigenvalue weighted by Gasteiger charge is -2.18. The lowest BCUT2D eigenvalue weighted by atomic mass is 9.90. The number of aromatic hydroxyl groups is 4. The van der Waals surface area contributed by atoms with Crippen LogP contribution in [0.5, 0.6) is 28.7 Å². The van der Waals surface area contributed by atoms with Gasteiger partial charge >= 0.3 is 0 Å². The van der Waals surface area contributed by atoms with Gasteiger partial charge in [0, 0.05) is 35.6 Å². The normalized spacial score (nSPS) is 11.1. The van der Waals surface area contributed by atoms with Crippen molar-refractivity contribution in [2.45, 2.75) is 12.8 Å². The molecule has 0 aliphatic rings. The van der Waals surface area contributed by atoms with E-state index in [0.29, 0.717) is 29.7 Å². The van der Waals surface area contributed by atoms with Gasteiger partial charge in [-0.05, 0) is 47.0 Å². The van der Waals surface area contributed by atoms with Crippen LogP contribution in [0.3, 0.4) is 0 Å². The zero-order valence-corrected chi connectivity index (χ0v) is 18.8. The van der Waals surface area contributed by atoms with Gasteiger partial charge in [0.15, 0.2) is 0 Å². The molecule has 4 aromatic carbocycles. The number of rotatable bonds is 7. The molecule has 5 nitrogen and oxygen atoms in total. The molecule has 0 heterocycles. The molecular formula is C29H26O5. The van der Waals surface area contributed by atoms with E-state index >= 15 is 0 Å². The summed E-state index contributed by atoms with van der Waals surface area (Å²) in [4.78, 5) is 0. The van der Waals surface area contributed by atoms with Gasteiger partial charge in [-0.1, -0.05) is 54.6 Å². The average molecular weight is 455 g/mol. The second kappa shape index (κ2) is 10.0. The van der Waals surface area contributed by atoms with Gasteiger partial charge in [-0.2, -0.15) is 0 Å². The summed E-state index contributed by atoms with van der Waals surface area (Å²) in [7, 11) is 1.56. The molecule has 0 fully saturated rings. The molecule has 0 saturated heterocycles. The maximum Gasteiger partial charge on any atom is 0.126 e. The van der Waals surface area contributed by atoms with Gasteiger partial charge in [0.1, 0.15) is 28.7 Å². The summed E-state index contributed by atoms with van der Waals surface area (Å²) in [6.45, 7) is 0. The van der Waals surface area contributed by atoms with Crippen molar-refractivity contribution in [1.82, 2.24) is 0 Å². The minimum absolute atomic E-state index is 0.0938. The molecule has 4 N–H and O–H groups in total. The van der Waals surface area contributed by atoms with E-state index < -0.39 is 0 Å². The van der Waals surface area contributed by atoms with Crippen LogP contribution in [-0.2, 0) is 12.8 Å². The molecule has 0 amide bonds. The minimum atomic E-state index is 0.0938. The number of methoxy groups -OCH3 is 1. The Hall–Kier alpha value is -4.38. The lowest BCUT2D eigenvalue weighted by Crippen LogP contribution is -2.03. The van der Waals surface area contributed by atoms with Crippen molar-refractivity contribution >= 4 is 12.2 Å². The Morgan fingerprint density at radius 3 is 1.76 bits per heavy atom. The zero-order valence-electron chi connectivity index (χ0n) is 18.8. The first-order chi connectivity index (χ1) is 16.4. The van der Waals surface area contributed by atoms with Gasteiger partial charge < -0.3 is 25.2 Å². The van der Waals surface area contributed by atoms with Gasteiger partial charge in [0.25, 0.3) is 0 Å². The van der Waals surface area contributed by atoms with E-state index in [1.54, 1.807) is 49.6 Å². The van der Waals surface area contributed by atoms with Crippen LogP contribution in [0.4, 0.5) is 0 Å². The van der Waals surface area contributed by atoms with Crippen LogP contribution in [0.25, 0.3) is 12.2 Å². The average Bonchev–Trinajstić information content (AvgIpc) is 2.84. The number of phenolic OH excluding ortho intramolecular Hbond substituents is 4. The Morgan fingerprint density at radius 1 is 0.647 bits per heavy atom. The van der Waals surface area contributed by atoms with Gasteiger partial charge in [-0.25, -0.2) is 0 Å². The molecule has 0 radical (unpaired) electrons. The molecule has 0 unspecified atom stereocenters. The number of hydrogen-bond donors (Lipinski definition) is 4. The van der Waals surface area contributed by atoms with E-state index in [2.05, 4.69) is 0 Å². The van der Waals surface area contributed by atoms with E-state index in [9.17, 15) is 20.4 Å². The Bertz CT molecular complexity index is 1310. The third-order valence-electron chi connectivity index (χ3n) is 5.75. The summed E-state index contributed by atoms with van der Waals surface area (Å²) < 4.78 is 5.63. The molecule has 0 aliphatic carbocycles. The second-order valence-corrected chi connectivity index (χ2v) is 8.05. The van der Waals surface area contributed by atoms with E-state index in [-0.39, 0.29) is 23.0 Å². The Morgan fingerprint density at radius 2 is 1.21 bits per heavy atom. The molecule has 0 bridgehead atoms. The first kappa shape index (κ1) is 22.8. The Balaban J connectivity index is 1.87. The number of hydrogen-bond acceptors (Lipinski definition) is 5. The molecular weight excluding hydrogens is 428 g/mol. The molecule has 34 heavy (non-hydrogen) atoms. The molecule has 0 atom stereocenters. The van der Waals surface area contributed by atoms with Crippen molar-refractivity contribution in [2.75, 3.05) is 7.11 Å². The molecule has 172 valence electrons. The van der Waals surface area contributed by atoms with Crippen molar-refractivity contribution < 1.29 is 25.2 Å². The topological polar surface area (TPSA) is 90.2 Å². The minimum Gasteiger partial charge on any atom is -0.508 e. The number of para-hydroxylation sites is 1. The summed E-state index contributed by atoms with van der Waals surface area (Å²) in [5.41, 5.74) is 4.89. The molecule has 0 spiro atoms. The predicted molar refractivity (Wildman–Crippen MR) is 134 cm³/mol. The maximum absolute atomic E-state index is 11.0. The fourth-order valence-corrected chi connectivity index (χ4v) is 3.94. The van der Waals surface area contributed by atoms with Crippen LogP contribution in [0.15, 0.2) is 78.9 Å². The highest BCUT2D eigenvalue weighted by atomic mass is 16.5. The predicted octanol–water partition coefficient (Wildman–Crippen LogP) is 5.87. The summed E-state index contributed by atoms with van der Waals surface area (Å²) in [5.74, 6) is 1.16. The highest BCUT2D eigenvalue weighted by Gasteiger charge is 2.18. The van der Waals surface area contributed by atoms with Crippen molar-refractivity contribution in [3.8, 4) is 28.7 Å². The number of benzene rings is 4. The first-order valence-corrected chi connectivity index (χ1v) is 10.9. The van der Waals surface area contributed by atoms with Crippen LogP contribution in [0.1, 0.15) is 33.4 Å². The highest BCUT2D eigenvalue weighted by molar-refractivity contribution is 5.78. The van der Waals surface area contributed by atoms with Crippen molar-refractivity contribution in [1.29, 1.82) is 0 Å².